The molecule has 0 saturated heterocycles. The second kappa shape index (κ2) is 9.04. The van der Waals surface area contributed by atoms with Gasteiger partial charge in [0.05, 0.1) is 5.69 Å². The summed E-state index contributed by atoms with van der Waals surface area (Å²) in [4.78, 5) is 0. The monoisotopic (exact) mass is 475 g/mol. The minimum atomic E-state index is -0.133. The maximum atomic E-state index is 4.49. The Bertz CT molecular complexity index is 1230. The Morgan fingerprint density at radius 1 is 1.06 bits per heavy atom. The van der Waals surface area contributed by atoms with Crippen molar-refractivity contribution in [2.75, 3.05) is 0 Å². The molecule has 0 bridgehead atoms. The highest BCUT2D eigenvalue weighted by atomic mass is 79.9. The fourth-order valence-electron chi connectivity index (χ4n) is 5.05. The highest BCUT2D eigenvalue weighted by Gasteiger charge is 2.40. The van der Waals surface area contributed by atoms with E-state index in [9.17, 15) is 0 Å². The van der Waals surface area contributed by atoms with Crippen molar-refractivity contribution in [3.05, 3.63) is 92.1 Å². The molecule has 31 heavy (non-hydrogen) atoms. The van der Waals surface area contributed by atoms with Crippen molar-refractivity contribution < 1.29 is 0 Å². The number of nitrogens with zero attached hydrogens (tertiary/aromatic N) is 1. The van der Waals surface area contributed by atoms with E-state index in [1.165, 1.54) is 44.2 Å². The van der Waals surface area contributed by atoms with Crippen LogP contribution >= 0.6 is 15.9 Å². The summed E-state index contributed by atoms with van der Waals surface area (Å²) in [6.45, 7) is 20.0. The van der Waals surface area contributed by atoms with Gasteiger partial charge >= 0.3 is 0 Å². The van der Waals surface area contributed by atoms with E-state index in [0.717, 1.165) is 16.5 Å². The number of benzene rings is 1. The summed E-state index contributed by atoms with van der Waals surface area (Å²) in [6.07, 6.45) is 11.9. The molecule has 0 unspecified atom stereocenters. The molecule has 0 atom stereocenters. The average Bonchev–Trinajstić information content (AvgIpc) is 3.14. The van der Waals surface area contributed by atoms with Crippen molar-refractivity contribution in [2.45, 2.75) is 54.9 Å². The second-order valence-electron chi connectivity index (χ2n) is 8.58. The van der Waals surface area contributed by atoms with Gasteiger partial charge in [0.1, 0.15) is 0 Å². The Kier molecular flexibility index (Phi) is 6.81. The molecule has 1 aromatic carbocycles. The first-order valence-corrected chi connectivity index (χ1v) is 11.9. The summed E-state index contributed by atoms with van der Waals surface area (Å²) in [7, 11) is 0. The molecule has 1 nitrogen and oxygen atoms in total. The van der Waals surface area contributed by atoms with Crippen LogP contribution < -0.4 is 10.6 Å². The van der Waals surface area contributed by atoms with Gasteiger partial charge in [-0.25, -0.2) is 0 Å². The fourth-order valence-corrected chi connectivity index (χ4v) is 5.32. The Morgan fingerprint density at radius 2 is 1.71 bits per heavy atom. The lowest BCUT2D eigenvalue weighted by Crippen LogP contribution is -2.29. The van der Waals surface area contributed by atoms with Gasteiger partial charge in [0.15, 0.2) is 0 Å². The molecule has 2 aromatic rings. The van der Waals surface area contributed by atoms with Crippen LogP contribution in [0.2, 0.25) is 0 Å². The number of rotatable bonds is 4. The van der Waals surface area contributed by atoms with Crippen LogP contribution in [-0.2, 0) is 6.42 Å². The van der Waals surface area contributed by atoms with Crippen molar-refractivity contribution in [1.82, 2.24) is 4.57 Å². The number of halogens is 1. The molecule has 1 heterocycles. The van der Waals surface area contributed by atoms with Crippen LogP contribution in [0.15, 0.2) is 70.3 Å². The summed E-state index contributed by atoms with van der Waals surface area (Å²) in [5.74, 6) is 0. The first kappa shape index (κ1) is 23.3. The molecule has 0 saturated carbocycles. The molecule has 0 aliphatic heterocycles. The predicted octanol–water partition coefficient (Wildman–Crippen LogP) is 7.28. The lowest BCUT2D eigenvalue weighted by atomic mass is 9.78. The molecular formula is C29H34BrN. The molecule has 162 valence electrons. The smallest absolute Gasteiger partial charge is 0.0543 e. The van der Waals surface area contributed by atoms with E-state index >= 15 is 0 Å². The van der Waals surface area contributed by atoms with Crippen LogP contribution in [0, 0.1) is 5.41 Å². The van der Waals surface area contributed by atoms with Gasteiger partial charge in [-0.15, -0.1) is 0 Å². The molecule has 0 fully saturated rings. The van der Waals surface area contributed by atoms with Crippen molar-refractivity contribution in [1.29, 1.82) is 0 Å². The number of hydrogen-bond donors (Lipinski definition) is 0. The van der Waals surface area contributed by atoms with Gasteiger partial charge < -0.3 is 4.57 Å². The third kappa shape index (κ3) is 3.76. The molecule has 2 heteroatoms. The van der Waals surface area contributed by atoms with E-state index in [0.29, 0.717) is 0 Å². The van der Waals surface area contributed by atoms with Gasteiger partial charge in [-0.1, -0.05) is 73.7 Å². The Hall–Kier alpha value is -2.32. The average molecular weight is 477 g/mol. The third-order valence-corrected chi connectivity index (χ3v) is 7.02. The molecule has 1 aliphatic rings. The van der Waals surface area contributed by atoms with Crippen molar-refractivity contribution in [3.8, 4) is 5.69 Å². The van der Waals surface area contributed by atoms with Crippen molar-refractivity contribution in [3.63, 3.8) is 0 Å². The molecule has 3 rings (SSSR count). The van der Waals surface area contributed by atoms with Gasteiger partial charge in [0.2, 0.25) is 0 Å². The number of allylic oxidation sites excluding steroid dienone is 7. The quantitative estimate of drug-likeness (QED) is 0.437. The van der Waals surface area contributed by atoms with E-state index in [1.807, 2.05) is 0 Å². The van der Waals surface area contributed by atoms with Gasteiger partial charge in [-0.05, 0) is 91.5 Å². The number of aromatic nitrogens is 1. The van der Waals surface area contributed by atoms with Crippen molar-refractivity contribution >= 4 is 33.7 Å². The molecule has 0 N–H and O–H groups in total. The Labute approximate surface area is 196 Å². The summed E-state index contributed by atoms with van der Waals surface area (Å²) in [5.41, 5.74) is 8.88. The maximum Gasteiger partial charge on any atom is 0.0543 e. The van der Waals surface area contributed by atoms with Crippen LogP contribution in [0.1, 0.15) is 59.7 Å². The minimum absolute atomic E-state index is 0.133. The topological polar surface area (TPSA) is 4.93 Å². The SMILES string of the molecule is C=C1C(C)=C(c2c(CC)c(=C/C)/c(=C\C)n2-c2ccc(Br)cc2)C(C)(C)/C1=C/C=C\C. The summed E-state index contributed by atoms with van der Waals surface area (Å²) >= 11 is 3.59. The summed E-state index contributed by atoms with van der Waals surface area (Å²) in [5, 5.41) is 2.58. The lowest BCUT2D eigenvalue weighted by molar-refractivity contribution is 0.622. The molecule has 1 aliphatic carbocycles. The second-order valence-corrected chi connectivity index (χ2v) is 9.49. The zero-order valence-corrected chi connectivity index (χ0v) is 21.5. The first-order valence-electron chi connectivity index (χ1n) is 11.1. The summed E-state index contributed by atoms with van der Waals surface area (Å²) < 4.78 is 3.54. The van der Waals surface area contributed by atoms with Gasteiger partial charge in [0.25, 0.3) is 0 Å². The molecule has 0 radical (unpaired) electrons. The van der Waals surface area contributed by atoms with E-state index in [4.69, 9.17) is 0 Å². The predicted molar refractivity (Wildman–Crippen MR) is 141 cm³/mol. The zero-order valence-electron chi connectivity index (χ0n) is 19.9. The highest BCUT2D eigenvalue weighted by molar-refractivity contribution is 9.10. The van der Waals surface area contributed by atoms with Gasteiger partial charge in [0, 0.05) is 20.9 Å². The van der Waals surface area contributed by atoms with Crippen LogP contribution in [0.4, 0.5) is 0 Å². The lowest BCUT2D eigenvalue weighted by Gasteiger charge is -2.27. The first-order chi connectivity index (χ1) is 14.7. The Balaban J connectivity index is 2.51. The van der Waals surface area contributed by atoms with Crippen LogP contribution in [0.3, 0.4) is 0 Å². The standard InChI is InChI=1S/C29H34BrN/c1-9-13-14-25-19(5)20(6)27(29(25,7)8)28-24(11-3)23(10-2)26(12-4)31(28)22-17-15-21(30)16-18-22/h9-10,12-18H,5,11H2,1-4,6-8H3/b13-9-,23-10-,25-14+,26-12+. The van der Waals surface area contributed by atoms with E-state index in [2.05, 4.69) is 130 Å². The van der Waals surface area contributed by atoms with Crippen LogP contribution in [0.5, 0.6) is 0 Å². The van der Waals surface area contributed by atoms with Crippen LogP contribution in [-0.4, -0.2) is 4.57 Å². The van der Waals surface area contributed by atoms with Crippen molar-refractivity contribution in [2.24, 2.45) is 5.41 Å². The number of hydrogen-bond acceptors (Lipinski definition) is 0. The minimum Gasteiger partial charge on any atom is -0.310 e. The van der Waals surface area contributed by atoms with Crippen LogP contribution in [0.25, 0.3) is 23.4 Å². The highest BCUT2D eigenvalue weighted by Crippen LogP contribution is 2.54. The largest absolute Gasteiger partial charge is 0.310 e. The molecule has 0 amide bonds. The normalized spacial score (nSPS) is 19.0. The van der Waals surface area contributed by atoms with Gasteiger partial charge in [-0.3, -0.25) is 0 Å². The van der Waals surface area contributed by atoms with E-state index in [1.54, 1.807) is 0 Å². The Morgan fingerprint density at radius 3 is 2.23 bits per heavy atom. The third-order valence-electron chi connectivity index (χ3n) is 6.50. The molecule has 1 aromatic heterocycles. The maximum absolute atomic E-state index is 4.49. The zero-order chi connectivity index (χ0) is 22.9. The van der Waals surface area contributed by atoms with Gasteiger partial charge in [-0.2, -0.15) is 0 Å². The molecular weight excluding hydrogens is 442 g/mol. The molecule has 0 spiro atoms. The van der Waals surface area contributed by atoms with E-state index < -0.39 is 0 Å². The van der Waals surface area contributed by atoms with E-state index in [-0.39, 0.29) is 5.41 Å². The fraction of sp³-hybridized carbons (Fsp3) is 0.310. The summed E-state index contributed by atoms with van der Waals surface area (Å²) in [6, 6.07) is 8.64.